The maximum Gasteiger partial charge on any atom is 0.164 e. The molecule has 0 radical (unpaired) electrons. The summed E-state index contributed by atoms with van der Waals surface area (Å²) in [7, 11) is 4.87. The molecule has 0 aliphatic rings. The average Bonchev–Trinajstić information content (AvgIpc) is 2.50. The lowest BCUT2D eigenvalue weighted by molar-refractivity contribution is 0.346. The molecule has 0 aliphatic heterocycles. The lowest BCUT2D eigenvalue weighted by Gasteiger charge is -2.17. The van der Waals surface area contributed by atoms with Gasteiger partial charge in [-0.2, -0.15) is 0 Å². The molecular formula is C16H23NO3. The molecule has 0 saturated heterocycles. The van der Waals surface area contributed by atoms with Crippen molar-refractivity contribution < 1.29 is 14.2 Å². The van der Waals surface area contributed by atoms with Crippen LogP contribution >= 0.6 is 0 Å². The van der Waals surface area contributed by atoms with Gasteiger partial charge in [-0.1, -0.05) is 6.92 Å². The molecule has 0 bridgehead atoms. The van der Waals surface area contributed by atoms with Crippen LogP contribution in [0.1, 0.15) is 25.3 Å². The van der Waals surface area contributed by atoms with Crippen LogP contribution in [0, 0.1) is 12.3 Å². The van der Waals surface area contributed by atoms with Crippen LogP contribution < -0.4 is 19.5 Å². The minimum Gasteiger partial charge on any atom is -0.496 e. The van der Waals surface area contributed by atoms with Crippen molar-refractivity contribution in [3.63, 3.8) is 0 Å². The zero-order valence-electron chi connectivity index (χ0n) is 12.7. The number of hydrogen-bond donors (Lipinski definition) is 1. The summed E-state index contributed by atoms with van der Waals surface area (Å²) in [6.45, 7) is 2.78. The Labute approximate surface area is 121 Å². The maximum absolute atomic E-state index is 5.40. The number of nitrogens with one attached hydrogen (secondary N) is 1. The maximum atomic E-state index is 5.40. The average molecular weight is 277 g/mol. The highest BCUT2D eigenvalue weighted by Gasteiger charge is 2.13. The van der Waals surface area contributed by atoms with E-state index in [2.05, 4.69) is 18.2 Å². The molecule has 0 heterocycles. The van der Waals surface area contributed by atoms with Crippen molar-refractivity contribution in [1.82, 2.24) is 5.32 Å². The molecule has 1 unspecified atom stereocenters. The number of rotatable bonds is 8. The molecule has 0 aromatic heterocycles. The van der Waals surface area contributed by atoms with Crippen molar-refractivity contribution in [3.8, 4) is 29.6 Å². The van der Waals surface area contributed by atoms with Gasteiger partial charge in [0.05, 0.1) is 21.3 Å². The van der Waals surface area contributed by atoms with E-state index in [4.69, 9.17) is 20.6 Å². The third kappa shape index (κ3) is 4.07. The Morgan fingerprint density at radius 1 is 1.10 bits per heavy atom. The fraction of sp³-hybridized carbons (Fsp3) is 0.500. The SMILES string of the molecule is C#CCC(CC)NCc1cc(OC)c(OC)cc1OC. The van der Waals surface area contributed by atoms with Crippen molar-refractivity contribution in [2.45, 2.75) is 32.4 Å². The van der Waals surface area contributed by atoms with Gasteiger partial charge in [0.15, 0.2) is 11.5 Å². The molecule has 4 heteroatoms. The number of methoxy groups -OCH3 is 3. The fourth-order valence-corrected chi connectivity index (χ4v) is 1.99. The monoisotopic (exact) mass is 277 g/mol. The van der Waals surface area contributed by atoms with E-state index >= 15 is 0 Å². The van der Waals surface area contributed by atoms with Gasteiger partial charge in [0.25, 0.3) is 0 Å². The molecule has 0 saturated carbocycles. The van der Waals surface area contributed by atoms with Crippen molar-refractivity contribution in [2.24, 2.45) is 0 Å². The topological polar surface area (TPSA) is 39.7 Å². The van der Waals surface area contributed by atoms with Gasteiger partial charge in [-0.25, -0.2) is 0 Å². The second kappa shape index (κ2) is 8.34. The summed E-state index contributed by atoms with van der Waals surface area (Å²) in [6, 6.07) is 4.06. The molecule has 1 rings (SSSR count). The first-order chi connectivity index (χ1) is 9.69. The van der Waals surface area contributed by atoms with Crippen LogP contribution in [0.15, 0.2) is 12.1 Å². The molecule has 4 nitrogen and oxygen atoms in total. The Hall–Kier alpha value is -1.86. The summed E-state index contributed by atoms with van der Waals surface area (Å²) in [6.07, 6.45) is 7.06. The Morgan fingerprint density at radius 3 is 2.20 bits per heavy atom. The Bertz CT molecular complexity index is 466. The van der Waals surface area contributed by atoms with E-state index in [0.29, 0.717) is 30.5 Å². The molecule has 20 heavy (non-hydrogen) atoms. The minimum absolute atomic E-state index is 0.304. The lowest BCUT2D eigenvalue weighted by Crippen LogP contribution is -2.27. The van der Waals surface area contributed by atoms with Crippen molar-refractivity contribution >= 4 is 0 Å². The molecule has 0 fully saturated rings. The smallest absolute Gasteiger partial charge is 0.164 e. The van der Waals surface area contributed by atoms with Crippen molar-refractivity contribution in [2.75, 3.05) is 21.3 Å². The lowest BCUT2D eigenvalue weighted by atomic mass is 10.1. The zero-order chi connectivity index (χ0) is 15.0. The van der Waals surface area contributed by atoms with Gasteiger partial charge < -0.3 is 19.5 Å². The Balaban J connectivity index is 2.90. The largest absolute Gasteiger partial charge is 0.496 e. The van der Waals surface area contributed by atoms with Crippen LogP contribution in [0.4, 0.5) is 0 Å². The molecule has 1 aromatic rings. The van der Waals surface area contributed by atoms with Crippen LogP contribution in [-0.4, -0.2) is 27.4 Å². The molecule has 1 aromatic carbocycles. The van der Waals surface area contributed by atoms with E-state index < -0.39 is 0 Å². The van der Waals surface area contributed by atoms with Crippen LogP contribution in [0.5, 0.6) is 17.2 Å². The van der Waals surface area contributed by atoms with E-state index in [1.54, 1.807) is 21.3 Å². The summed E-state index contributed by atoms with van der Waals surface area (Å²) in [5.41, 5.74) is 1.01. The number of terminal acetylenes is 1. The van der Waals surface area contributed by atoms with Crippen molar-refractivity contribution in [3.05, 3.63) is 17.7 Å². The Kier molecular flexibility index (Phi) is 6.75. The number of ether oxygens (including phenoxy) is 3. The summed E-state index contributed by atoms with van der Waals surface area (Å²) in [4.78, 5) is 0. The first-order valence-electron chi connectivity index (χ1n) is 6.65. The third-order valence-electron chi connectivity index (χ3n) is 3.22. The van der Waals surface area contributed by atoms with Gasteiger partial charge in [0, 0.05) is 30.6 Å². The zero-order valence-corrected chi connectivity index (χ0v) is 12.7. The van der Waals surface area contributed by atoms with Crippen LogP contribution in [0.25, 0.3) is 0 Å². The van der Waals surface area contributed by atoms with Gasteiger partial charge in [0.1, 0.15) is 5.75 Å². The number of hydrogen-bond acceptors (Lipinski definition) is 4. The minimum atomic E-state index is 0.304. The first kappa shape index (κ1) is 16.2. The van der Waals surface area contributed by atoms with Gasteiger partial charge in [-0.3, -0.25) is 0 Å². The second-order valence-electron chi connectivity index (χ2n) is 4.41. The van der Waals surface area contributed by atoms with Gasteiger partial charge in [-0.15, -0.1) is 12.3 Å². The summed E-state index contributed by atoms with van der Waals surface area (Å²) < 4.78 is 16.0. The van der Waals surface area contributed by atoms with Crippen molar-refractivity contribution in [1.29, 1.82) is 0 Å². The van der Waals surface area contributed by atoms with Crippen LogP contribution in [0.2, 0.25) is 0 Å². The summed E-state index contributed by atoms with van der Waals surface area (Å²) >= 11 is 0. The summed E-state index contributed by atoms with van der Waals surface area (Å²) in [5, 5.41) is 3.43. The highest BCUT2D eigenvalue weighted by molar-refractivity contribution is 5.50. The predicted molar refractivity (Wildman–Crippen MR) is 80.5 cm³/mol. The van der Waals surface area contributed by atoms with Gasteiger partial charge >= 0.3 is 0 Å². The molecule has 110 valence electrons. The van der Waals surface area contributed by atoms with Crippen LogP contribution in [-0.2, 0) is 6.54 Å². The van der Waals surface area contributed by atoms with Gasteiger partial charge in [-0.05, 0) is 12.5 Å². The standard InChI is InChI=1S/C16H23NO3/c1-6-8-13(7-2)17-11-12-9-15(19-4)16(20-5)10-14(12)18-3/h1,9-10,13,17H,7-8,11H2,2-5H3. The number of benzene rings is 1. The quantitative estimate of drug-likeness (QED) is 0.741. The van der Waals surface area contributed by atoms with E-state index in [1.807, 2.05) is 12.1 Å². The molecule has 0 spiro atoms. The van der Waals surface area contributed by atoms with E-state index in [9.17, 15) is 0 Å². The predicted octanol–water partition coefficient (Wildman–Crippen LogP) is 2.60. The highest BCUT2D eigenvalue weighted by atomic mass is 16.5. The van der Waals surface area contributed by atoms with E-state index in [0.717, 1.165) is 17.7 Å². The third-order valence-corrected chi connectivity index (χ3v) is 3.22. The Morgan fingerprint density at radius 2 is 1.70 bits per heavy atom. The van der Waals surface area contributed by atoms with Crippen LogP contribution in [0.3, 0.4) is 0 Å². The fourth-order valence-electron chi connectivity index (χ4n) is 1.99. The van der Waals surface area contributed by atoms with Gasteiger partial charge in [0.2, 0.25) is 0 Å². The van der Waals surface area contributed by atoms with E-state index in [1.165, 1.54) is 0 Å². The normalized spacial score (nSPS) is 11.6. The first-order valence-corrected chi connectivity index (χ1v) is 6.65. The highest BCUT2D eigenvalue weighted by Crippen LogP contribution is 2.34. The summed E-state index contributed by atoms with van der Waals surface area (Å²) in [5.74, 6) is 4.80. The molecule has 1 atom stereocenters. The molecular weight excluding hydrogens is 254 g/mol. The molecule has 0 amide bonds. The van der Waals surface area contributed by atoms with E-state index in [-0.39, 0.29) is 0 Å². The molecule has 0 aliphatic carbocycles. The molecule has 1 N–H and O–H groups in total. The second-order valence-corrected chi connectivity index (χ2v) is 4.41.